The van der Waals surface area contributed by atoms with Crippen LogP contribution in [0.1, 0.15) is 46.0 Å². The van der Waals surface area contributed by atoms with Gasteiger partial charge in [-0.05, 0) is 17.8 Å². The van der Waals surface area contributed by atoms with Crippen LogP contribution in [-0.2, 0) is 4.79 Å². The van der Waals surface area contributed by atoms with Gasteiger partial charge in [-0.3, -0.25) is 4.79 Å². The van der Waals surface area contributed by atoms with Crippen LogP contribution >= 0.6 is 0 Å². The molecular formula is C11H20O2. The van der Waals surface area contributed by atoms with Gasteiger partial charge < -0.3 is 5.11 Å². The fraction of sp³-hybridized carbons (Fsp3) is 0.909. The minimum Gasteiger partial charge on any atom is -0.481 e. The van der Waals surface area contributed by atoms with Gasteiger partial charge in [0.2, 0.25) is 0 Å². The van der Waals surface area contributed by atoms with E-state index in [-0.39, 0.29) is 0 Å². The van der Waals surface area contributed by atoms with Gasteiger partial charge in [0, 0.05) is 6.42 Å². The monoisotopic (exact) mass is 184 g/mol. The van der Waals surface area contributed by atoms with E-state index in [4.69, 9.17) is 5.11 Å². The summed E-state index contributed by atoms with van der Waals surface area (Å²) in [6.45, 7) is 4.41. The Kier molecular flexibility index (Phi) is 3.76. The molecule has 0 heterocycles. The van der Waals surface area contributed by atoms with E-state index in [0.717, 1.165) is 0 Å². The highest BCUT2D eigenvalue weighted by Gasteiger charge is 2.27. The average molecular weight is 184 g/mol. The van der Waals surface area contributed by atoms with Crippen molar-refractivity contribution in [2.45, 2.75) is 46.0 Å². The van der Waals surface area contributed by atoms with Gasteiger partial charge in [0.1, 0.15) is 0 Å². The fourth-order valence-corrected chi connectivity index (χ4v) is 2.53. The number of hydrogen-bond donors (Lipinski definition) is 1. The summed E-state index contributed by atoms with van der Waals surface area (Å²) in [4.78, 5) is 10.7. The number of hydrogen-bond acceptors (Lipinski definition) is 1. The van der Waals surface area contributed by atoms with E-state index < -0.39 is 5.97 Å². The molecule has 0 aromatic rings. The third kappa shape index (κ3) is 3.02. The van der Waals surface area contributed by atoms with E-state index in [2.05, 4.69) is 13.8 Å². The van der Waals surface area contributed by atoms with Crippen molar-refractivity contribution in [3.8, 4) is 0 Å². The summed E-state index contributed by atoms with van der Waals surface area (Å²) in [6.07, 6.45) is 5.34. The van der Waals surface area contributed by atoms with Crippen molar-refractivity contribution in [2.75, 3.05) is 0 Å². The third-order valence-corrected chi connectivity index (χ3v) is 3.44. The van der Waals surface area contributed by atoms with Gasteiger partial charge in [-0.1, -0.05) is 39.5 Å². The summed E-state index contributed by atoms with van der Waals surface area (Å²) in [5.74, 6) is 0.952. The summed E-state index contributed by atoms with van der Waals surface area (Å²) in [6, 6.07) is 0. The minimum absolute atomic E-state index is 0.363. The predicted octanol–water partition coefficient (Wildman–Crippen LogP) is 2.92. The second-order valence-electron chi connectivity index (χ2n) is 4.50. The molecule has 0 saturated heterocycles. The third-order valence-electron chi connectivity index (χ3n) is 3.44. The van der Waals surface area contributed by atoms with Gasteiger partial charge in [0.25, 0.3) is 0 Å². The van der Waals surface area contributed by atoms with Crippen molar-refractivity contribution in [3.05, 3.63) is 0 Å². The summed E-state index contributed by atoms with van der Waals surface area (Å²) < 4.78 is 0. The first-order valence-corrected chi connectivity index (χ1v) is 5.33. The second kappa shape index (κ2) is 4.64. The van der Waals surface area contributed by atoms with Gasteiger partial charge >= 0.3 is 5.97 Å². The number of rotatable bonds is 2. The van der Waals surface area contributed by atoms with Crippen LogP contribution in [0.5, 0.6) is 0 Å². The molecule has 13 heavy (non-hydrogen) atoms. The zero-order valence-electron chi connectivity index (χ0n) is 8.62. The Morgan fingerprint density at radius 1 is 1.23 bits per heavy atom. The molecule has 2 nitrogen and oxygen atoms in total. The van der Waals surface area contributed by atoms with E-state index in [9.17, 15) is 4.79 Å². The van der Waals surface area contributed by atoms with Gasteiger partial charge in [-0.2, -0.15) is 0 Å². The molecule has 1 N–H and O–H groups in total. The maximum Gasteiger partial charge on any atom is 0.303 e. The quantitative estimate of drug-likeness (QED) is 0.670. The first-order chi connectivity index (χ1) is 6.11. The average Bonchev–Trinajstić information content (AvgIpc) is 2.18. The van der Waals surface area contributed by atoms with Gasteiger partial charge in [-0.25, -0.2) is 0 Å². The Bertz CT molecular complexity index is 165. The molecule has 0 bridgehead atoms. The van der Waals surface area contributed by atoms with Crippen molar-refractivity contribution in [2.24, 2.45) is 17.8 Å². The zero-order chi connectivity index (χ0) is 9.84. The normalized spacial score (nSPS) is 35.4. The molecule has 2 unspecified atom stereocenters. The van der Waals surface area contributed by atoms with Crippen LogP contribution in [0.3, 0.4) is 0 Å². The molecule has 2 heteroatoms. The molecule has 1 saturated carbocycles. The Morgan fingerprint density at radius 3 is 2.08 bits per heavy atom. The SMILES string of the molecule is CC1CCCCC(C)C1CC(=O)O. The molecule has 0 aliphatic heterocycles. The molecule has 2 atom stereocenters. The molecule has 0 spiro atoms. The topological polar surface area (TPSA) is 37.3 Å². The summed E-state index contributed by atoms with van der Waals surface area (Å²) in [7, 11) is 0. The molecule has 76 valence electrons. The lowest BCUT2D eigenvalue weighted by Crippen LogP contribution is -2.21. The highest BCUT2D eigenvalue weighted by molar-refractivity contribution is 5.67. The van der Waals surface area contributed by atoms with Crippen LogP contribution in [0, 0.1) is 17.8 Å². The van der Waals surface area contributed by atoms with E-state index in [0.29, 0.717) is 24.2 Å². The Morgan fingerprint density at radius 2 is 1.69 bits per heavy atom. The molecule has 1 fully saturated rings. The van der Waals surface area contributed by atoms with Crippen molar-refractivity contribution in [1.82, 2.24) is 0 Å². The van der Waals surface area contributed by atoms with Crippen molar-refractivity contribution >= 4 is 5.97 Å². The Hall–Kier alpha value is -0.530. The minimum atomic E-state index is -0.634. The summed E-state index contributed by atoms with van der Waals surface area (Å²) in [5.41, 5.74) is 0. The Balaban J connectivity index is 2.57. The highest BCUT2D eigenvalue weighted by atomic mass is 16.4. The van der Waals surface area contributed by atoms with E-state index in [1.54, 1.807) is 0 Å². The van der Waals surface area contributed by atoms with Crippen molar-refractivity contribution in [1.29, 1.82) is 0 Å². The van der Waals surface area contributed by atoms with Gasteiger partial charge in [-0.15, -0.1) is 0 Å². The van der Waals surface area contributed by atoms with E-state index in [1.807, 2.05) is 0 Å². The maximum absolute atomic E-state index is 10.7. The number of carbonyl (C=O) groups is 1. The zero-order valence-corrected chi connectivity index (χ0v) is 8.62. The lowest BCUT2D eigenvalue weighted by molar-refractivity contribution is -0.139. The summed E-state index contributed by atoms with van der Waals surface area (Å²) in [5, 5.41) is 8.79. The molecular weight excluding hydrogens is 164 g/mol. The van der Waals surface area contributed by atoms with Crippen LogP contribution in [0.2, 0.25) is 0 Å². The molecule has 0 amide bonds. The van der Waals surface area contributed by atoms with Crippen LogP contribution in [0.25, 0.3) is 0 Å². The standard InChI is InChI=1S/C11H20O2/c1-8-5-3-4-6-9(2)10(8)7-11(12)13/h8-10H,3-7H2,1-2H3,(H,12,13). The first-order valence-electron chi connectivity index (χ1n) is 5.33. The largest absolute Gasteiger partial charge is 0.481 e. The second-order valence-corrected chi connectivity index (χ2v) is 4.50. The smallest absolute Gasteiger partial charge is 0.303 e. The van der Waals surface area contributed by atoms with E-state index in [1.165, 1.54) is 25.7 Å². The van der Waals surface area contributed by atoms with Gasteiger partial charge in [0.15, 0.2) is 0 Å². The van der Waals surface area contributed by atoms with Crippen LogP contribution in [0.4, 0.5) is 0 Å². The molecule has 0 aromatic heterocycles. The Labute approximate surface area is 80.3 Å². The number of carboxylic acids is 1. The van der Waals surface area contributed by atoms with Crippen LogP contribution < -0.4 is 0 Å². The number of carboxylic acid groups (broad SMARTS) is 1. The molecule has 1 aliphatic rings. The number of aliphatic carboxylic acids is 1. The summed E-state index contributed by atoms with van der Waals surface area (Å²) >= 11 is 0. The van der Waals surface area contributed by atoms with Crippen molar-refractivity contribution in [3.63, 3.8) is 0 Å². The van der Waals surface area contributed by atoms with Crippen LogP contribution in [0.15, 0.2) is 0 Å². The van der Waals surface area contributed by atoms with E-state index >= 15 is 0 Å². The lowest BCUT2D eigenvalue weighted by atomic mass is 9.80. The predicted molar refractivity (Wildman–Crippen MR) is 52.5 cm³/mol. The first kappa shape index (κ1) is 10.6. The fourth-order valence-electron chi connectivity index (χ4n) is 2.53. The lowest BCUT2D eigenvalue weighted by Gasteiger charge is -2.25. The highest BCUT2D eigenvalue weighted by Crippen LogP contribution is 2.34. The molecule has 1 aliphatic carbocycles. The molecule has 1 rings (SSSR count). The van der Waals surface area contributed by atoms with Gasteiger partial charge in [0.05, 0.1) is 0 Å². The van der Waals surface area contributed by atoms with Crippen molar-refractivity contribution < 1.29 is 9.90 Å². The van der Waals surface area contributed by atoms with Crippen LogP contribution in [-0.4, -0.2) is 11.1 Å². The molecule has 0 aromatic carbocycles. The maximum atomic E-state index is 10.7. The molecule has 0 radical (unpaired) electrons.